The van der Waals surface area contributed by atoms with E-state index < -0.39 is 6.16 Å². The Bertz CT molecular complexity index is 884. The first kappa shape index (κ1) is 14.6. The van der Waals surface area contributed by atoms with Crippen molar-refractivity contribution in [3.8, 4) is 5.69 Å². The summed E-state index contributed by atoms with van der Waals surface area (Å²) in [7, 11) is 0. The van der Waals surface area contributed by atoms with E-state index >= 15 is 0 Å². The Morgan fingerprint density at radius 1 is 1.42 bits per heavy atom. The van der Waals surface area contributed by atoms with Gasteiger partial charge >= 0.3 is 6.16 Å². The third-order valence-corrected chi connectivity index (χ3v) is 4.13. The summed E-state index contributed by atoms with van der Waals surface area (Å²) in [5, 5.41) is 0. The van der Waals surface area contributed by atoms with Crippen molar-refractivity contribution in [3.63, 3.8) is 0 Å². The first-order valence-corrected chi connectivity index (χ1v) is 7.76. The number of rotatable bonds is 2. The highest BCUT2D eigenvalue weighted by molar-refractivity contribution is 5.99. The molecule has 0 amide bonds. The highest BCUT2D eigenvalue weighted by Crippen LogP contribution is 2.34. The summed E-state index contributed by atoms with van der Waals surface area (Å²) in [6.45, 7) is 4.42. The van der Waals surface area contributed by atoms with Gasteiger partial charge in [-0.1, -0.05) is 6.07 Å². The molecular formula is C17H17N4O3+. The summed E-state index contributed by atoms with van der Waals surface area (Å²) in [6.07, 6.45) is 6.22. The fourth-order valence-electron chi connectivity index (χ4n) is 3.09. The number of benzene rings is 1. The third kappa shape index (κ3) is 2.13. The van der Waals surface area contributed by atoms with Gasteiger partial charge in [-0.05, 0) is 36.2 Å². The number of aliphatic imine (C=N–C) groups is 1. The zero-order chi connectivity index (χ0) is 16.7. The number of fused-ring (bicyclic) bond motifs is 5. The van der Waals surface area contributed by atoms with E-state index in [1.54, 1.807) is 31.8 Å². The van der Waals surface area contributed by atoms with Crippen molar-refractivity contribution < 1.29 is 19.0 Å². The normalized spacial score (nSPS) is 20.5. The topological polar surface area (TPSA) is 65.7 Å². The first-order valence-electron chi connectivity index (χ1n) is 7.76. The maximum atomic E-state index is 12.0. The van der Waals surface area contributed by atoms with Crippen molar-refractivity contribution in [2.45, 2.75) is 20.4 Å². The zero-order valence-electron chi connectivity index (χ0n) is 13.5. The van der Waals surface area contributed by atoms with Crippen LogP contribution in [-0.2, 0) is 16.1 Å². The molecule has 0 fully saturated rings. The Hall–Kier alpha value is -2.93. The van der Waals surface area contributed by atoms with E-state index in [0.717, 1.165) is 22.5 Å². The van der Waals surface area contributed by atoms with Crippen molar-refractivity contribution in [2.75, 3.05) is 6.61 Å². The second-order valence-electron chi connectivity index (χ2n) is 5.75. The number of aromatic nitrogens is 2. The van der Waals surface area contributed by atoms with Crippen LogP contribution in [0.25, 0.3) is 5.69 Å². The minimum Gasteiger partial charge on any atom is -0.431 e. The van der Waals surface area contributed by atoms with Crippen LogP contribution in [0, 0.1) is 6.92 Å². The fraction of sp³-hybridized carbons (Fsp3) is 0.235. The van der Waals surface area contributed by atoms with E-state index in [2.05, 4.69) is 16.0 Å². The van der Waals surface area contributed by atoms with Gasteiger partial charge in [0.2, 0.25) is 0 Å². The SMILES string of the molecule is CCOC(=O)O[N+]12C=CN=C1c1ccc(C)cc1-n1cncc1C2. The first-order chi connectivity index (χ1) is 11.6. The summed E-state index contributed by atoms with van der Waals surface area (Å²) in [5.74, 6) is 0.654. The van der Waals surface area contributed by atoms with Gasteiger partial charge in [-0.15, -0.1) is 0 Å². The fourth-order valence-corrected chi connectivity index (χ4v) is 3.09. The number of ether oxygens (including phenoxy) is 1. The van der Waals surface area contributed by atoms with Crippen molar-refractivity contribution in [2.24, 2.45) is 4.99 Å². The van der Waals surface area contributed by atoms with Crippen LogP contribution in [0.4, 0.5) is 4.79 Å². The third-order valence-electron chi connectivity index (χ3n) is 4.13. The summed E-state index contributed by atoms with van der Waals surface area (Å²) < 4.78 is 6.82. The van der Waals surface area contributed by atoms with E-state index in [-0.39, 0.29) is 11.3 Å². The van der Waals surface area contributed by atoms with Gasteiger partial charge in [-0.3, -0.25) is 4.57 Å². The molecule has 0 saturated heterocycles. The number of aryl methyl sites for hydroxylation is 1. The smallest absolute Gasteiger partial charge is 0.431 e. The van der Waals surface area contributed by atoms with Gasteiger partial charge in [-0.2, -0.15) is 9.79 Å². The summed E-state index contributed by atoms with van der Waals surface area (Å²) in [5.41, 5.74) is 3.92. The zero-order valence-corrected chi connectivity index (χ0v) is 13.5. The molecule has 0 radical (unpaired) electrons. The molecule has 1 aromatic heterocycles. The van der Waals surface area contributed by atoms with Crippen LogP contribution in [0.15, 0.2) is 48.1 Å². The molecule has 0 spiro atoms. The van der Waals surface area contributed by atoms with E-state index in [1.165, 1.54) is 0 Å². The van der Waals surface area contributed by atoms with Crippen molar-refractivity contribution >= 4 is 12.0 Å². The Morgan fingerprint density at radius 3 is 3.12 bits per heavy atom. The Morgan fingerprint density at radius 2 is 2.29 bits per heavy atom. The number of hydrogen-bond acceptors (Lipinski definition) is 5. The van der Waals surface area contributed by atoms with Gasteiger partial charge in [0.15, 0.2) is 12.7 Å². The molecule has 0 N–H and O–H groups in total. The molecule has 0 saturated carbocycles. The maximum Gasteiger partial charge on any atom is 0.560 e. The molecular weight excluding hydrogens is 308 g/mol. The van der Waals surface area contributed by atoms with Crippen molar-refractivity contribution in [1.82, 2.24) is 9.55 Å². The van der Waals surface area contributed by atoms with Crippen LogP contribution in [0.1, 0.15) is 23.7 Å². The Labute approximate surface area is 139 Å². The number of carbonyl (C=O) groups excluding carboxylic acids is 1. The number of hydrogen-bond donors (Lipinski definition) is 0. The number of amidine groups is 1. The summed E-state index contributed by atoms with van der Waals surface area (Å²) in [6, 6.07) is 6.08. The van der Waals surface area contributed by atoms with E-state index in [9.17, 15) is 4.79 Å². The molecule has 7 heteroatoms. The molecule has 2 aliphatic heterocycles. The Balaban J connectivity index is 1.89. The molecule has 2 aliphatic rings. The van der Waals surface area contributed by atoms with Gasteiger partial charge in [-0.25, -0.2) is 9.82 Å². The van der Waals surface area contributed by atoms with Crippen LogP contribution >= 0.6 is 0 Å². The predicted molar refractivity (Wildman–Crippen MR) is 86.0 cm³/mol. The van der Waals surface area contributed by atoms with E-state index in [4.69, 9.17) is 9.57 Å². The minimum atomic E-state index is -0.724. The molecule has 1 unspecified atom stereocenters. The van der Waals surface area contributed by atoms with Gasteiger partial charge < -0.3 is 4.74 Å². The van der Waals surface area contributed by atoms with Gasteiger partial charge in [0.25, 0.3) is 5.84 Å². The monoisotopic (exact) mass is 325 g/mol. The number of hydroxylamine groups is 3. The highest BCUT2D eigenvalue weighted by Gasteiger charge is 2.47. The van der Waals surface area contributed by atoms with Crippen LogP contribution in [0.3, 0.4) is 0 Å². The molecule has 7 nitrogen and oxygen atoms in total. The van der Waals surface area contributed by atoms with Crippen molar-refractivity contribution in [1.29, 1.82) is 0 Å². The average molecular weight is 325 g/mol. The lowest BCUT2D eigenvalue weighted by Crippen LogP contribution is -2.47. The minimum absolute atomic E-state index is 0.166. The van der Waals surface area contributed by atoms with Gasteiger partial charge in [0, 0.05) is 0 Å². The van der Waals surface area contributed by atoms with Crippen LogP contribution < -0.4 is 0 Å². The summed E-state index contributed by atoms with van der Waals surface area (Å²) in [4.78, 5) is 26.4. The second-order valence-corrected chi connectivity index (χ2v) is 5.75. The quantitative estimate of drug-likeness (QED) is 0.629. The number of imidazole rings is 1. The molecule has 1 aromatic carbocycles. The number of nitrogens with zero attached hydrogens (tertiary/aromatic N) is 4. The van der Waals surface area contributed by atoms with Crippen molar-refractivity contribution in [3.05, 3.63) is 59.9 Å². The molecule has 24 heavy (non-hydrogen) atoms. The summed E-state index contributed by atoms with van der Waals surface area (Å²) >= 11 is 0. The van der Waals surface area contributed by atoms with Crippen LogP contribution in [0.5, 0.6) is 0 Å². The second kappa shape index (κ2) is 5.31. The molecule has 1 atom stereocenters. The lowest BCUT2D eigenvalue weighted by molar-refractivity contribution is -0.986. The lowest BCUT2D eigenvalue weighted by Gasteiger charge is -2.25. The molecule has 0 aliphatic carbocycles. The molecule has 2 aromatic rings. The number of quaternary nitrogens is 1. The Kier molecular flexibility index (Phi) is 3.24. The van der Waals surface area contributed by atoms with Gasteiger partial charge in [0.05, 0.1) is 36.6 Å². The molecule has 0 bridgehead atoms. The largest absolute Gasteiger partial charge is 0.560 e. The molecule has 4 rings (SSSR count). The molecule has 122 valence electrons. The standard InChI is InChI=1S/C17H17N4O3/c1-3-23-17(22)24-21-7-6-19-16(21)14-5-4-12(2)8-15(14)20-11-18-9-13(20)10-21/h4-9,11H,3,10H2,1-2H3/q+1. The van der Waals surface area contributed by atoms with E-state index in [1.807, 2.05) is 23.6 Å². The predicted octanol–water partition coefficient (Wildman–Crippen LogP) is 2.83. The van der Waals surface area contributed by atoms with Crippen LogP contribution in [0.2, 0.25) is 0 Å². The maximum absolute atomic E-state index is 12.0. The van der Waals surface area contributed by atoms with Crippen LogP contribution in [-0.4, -0.2) is 32.8 Å². The van der Waals surface area contributed by atoms with Gasteiger partial charge in [0.1, 0.15) is 5.69 Å². The van der Waals surface area contributed by atoms with E-state index in [0.29, 0.717) is 12.4 Å². The number of carbonyl (C=O) groups is 1. The lowest BCUT2D eigenvalue weighted by atomic mass is 10.1. The average Bonchev–Trinajstić information content (AvgIpc) is 3.13. The molecule has 3 heterocycles. The highest BCUT2D eigenvalue weighted by atomic mass is 16.8.